The highest BCUT2D eigenvalue weighted by molar-refractivity contribution is 7.20. The van der Waals surface area contributed by atoms with Crippen LogP contribution in [0.1, 0.15) is 67.4 Å². The molecule has 4 fully saturated rings. The monoisotopic (exact) mass is 998 g/mol. The van der Waals surface area contributed by atoms with Gasteiger partial charge in [0.15, 0.2) is 5.69 Å². The number of thiophene rings is 2. The lowest BCUT2D eigenvalue weighted by Gasteiger charge is -2.47. The van der Waals surface area contributed by atoms with Crippen LogP contribution in [0.5, 0.6) is 0 Å². The van der Waals surface area contributed by atoms with Crippen molar-refractivity contribution >= 4 is 86.1 Å². The average molecular weight is 999 g/mol. The summed E-state index contributed by atoms with van der Waals surface area (Å²) in [6, 6.07) is 23.8. The van der Waals surface area contributed by atoms with Gasteiger partial charge in [0.25, 0.3) is 5.91 Å². The molecule has 8 heterocycles. The van der Waals surface area contributed by atoms with Crippen LogP contribution in [0.15, 0.2) is 94.3 Å². The van der Waals surface area contributed by atoms with E-state index in [4.69, 9.17) is 25.1 Å². The van der Waals surface area contributed by atoms with Crippen molar-refractivity contribution in [3.05, 3.63) is 106 Å². The average Bonchev–Trinajstić information content (AvgIpc) is 4.19. The van der Waals surface area contributed by atoms with Gasteiger partial charge in [-0.15, -0.1) is 45.3 Å². The molecule has 4 aliphatic rings. The third-order valence-corrected chi connectivity index (χ3v) is 15.8. The van der Waals surface area contributed by atoms with Gasteiger partial charge in [-0.05, 0) is 93.6 Å². The van der Waals surface area contributed by atoms with E-state index in [1.807, 2.05) is 97.6 Å². The maximum Gasteiger partial charge on any atom is 0.410 e. The minimum Gasteiger partial charge on any atom is -0.476 e. The zero-order valence-electron chi connectivity index (χ0n) is 38.5. The number of carboxylic acid groups (broad SMARTS) is 1. The van der Waals surface area contributed by atoms with E-state index < -0.39 is 11.6 Å². The van der Waals surface area contributed by atoms with Crippen molar-refractivity contribution in [2.24, 2.45) is 0 Å². The zero-order valence-corrected chi connectivity index (χ0v) is 41.7. The number of carbonyl (C=O) groups excluding carboxylic acids is 2. The van der Waals surface area contributed by atoms with Crippen molar-refractivity contribution in [1.29, 1.82) is 0 Å². The number of ether oxygens (including phenoxy) is 3. The molecule has 0 radical (unpaired) electrons. The number of carbonyl (C=O) groups is 3. The Bertz CT molecular complexity index is 2590. The number of nitrogen functional groups attached to an aromatic ring is 1. The largest absolute Gasteiger partial charge is 0.476 e. The van der Waals surface area contributed by atoms with Gasteiger partial charge in [0.2, 0.25) is 0 Å². The zero-order chi connectivity index (χ0) is 47.7. The molecule has 10 rings (SSSR count). The Kier molecular flexibility index (Phi) is 15.8. The third-order valence-electron chi connectivity index (χ3n) is 12.1. The predicted octanol–water partition coefficient (Wildman–Crippen LogP) is 9.53. The van der Waals surface area contributed by atoms with Crippen LogP contribution in [-0.2, 0) is 14.2 Å². The smallest absolute Gasteiger partial charge is 0.410 e. The number of nitrogens with two attached hydrogens (primary N) is 1. The van der Waals surface area contributed by atoms with Gasteiger partial charge in [0.1, 0.15) is 21.3 Å². The molecule has 0 aliphatic carbocycles. The predicted molar refractivity (Wildman–Crippen MR) is 274 cm³/mol. The Labute approximate surface area is 412 Å². The second-order valence-corrected chi connectivity index (χ2v) is 21.6. The highest BCUT2D eigenvalue weighted by Gasteiger charge is 2.42. The van der Waals surface area contributed by atoms with Crippen LogP contribution >= 0.6 is 45.3 Å². The lowest BCUT2D eigenvalue weighted by atomic mass is 9.89. The first-order chi connectivity index (χ1) is 32.8. The van der Waals surface area contributed by atoms with Crippen LogP contribution in [0, 0.1) is 0 Å². The Hall–Kier alpha value is -5.41. The molecular weight excluding hydrogens is 941 g/mol. The van der Waals surface area contributed by atoms with Crippen molar-refractivity contribution in [2.75, 3.05) is 86.4 Å². The van der Waals surface area contributed by atoms with Crippen molar-refractivity contribution in [3.63, 3.8) is 0 Å². The van der Waals surface area contributed by atoms with Crippen molar-refractivity contribution in [1.82, 2.24) is 20.2 Å². The molecule has 5 N–H and O–H groups in total. The lowest BCUT2D eigenvalue weighted by molar-refractivity contribution is -0.119. The van der Waals surface area contributed by atoms with E-state index in [2.05, 4.69) is 42.5 Å². The molecule has 0 unspecified atom stereocenters. The number of hydrogen-bond donors (Lipinski definition) is 4. The quantitative estimate of drug-likeness (QED) is 0.111. The number of piperidine rings is 2. The SMILES string of the molecule is CC(C)(C)OC(=O)N1CCOC2(CCN(c3ccccc3N)CC2)C1.O=C(Nc1ccccc1N1CCC2(CC1)CNCCO2)c1csc(-c2cccs2)n1.O=C(O)c1csc(-c2cccs2)n1. The van der Waals surface area contributed by atoms with Crippen molar-refractivity contribution in [2.45, 2.75) is 63.3 Å². The maximum absolute atomic E-state index is 12.9. The number of nitrogens with one attached hydrogen (secondary N) is 2. The first kappa shape index (κ1) is 49.0. The minimum atomic E-state index is -0.973. The molecule has 0 bridgehead atoms. The number of carboxylic acids is 1. The summed E-state index contributed by atoms with van der Waals surface area (Å²) in [6.45, 7) is 13.6. The Morgan fingerprint density at radius 1 is 0.735 bits per heavy atom. The van der Waals surface area contributed by atoms with Gasteiger partial charge in [0, 0.05) is 56.6 Å². The van der Waals surface area contributed by atoms with E-state index in [1.165, 1.54) is 22.7 Å². The number of anilines is 4. The van der Waals surface area contributed by atoms with Gasteiger partial charge in [-0.3, -0.25) is 4.79 Å². The summed E-state index contributed by atoms with van der Waals surface area (Å²) in [5.74, 6) is -1.14. The topological polar surface area (TPSA) is 185 Å². The molecule has 360 valence electrons. The molecule has 2 spiro atoms. The molecule has 2 aromatic carbocycles. The number of morpholine rings is 2. The second kappa shape index (κ2) is 21.9. The molecule has 4 aromatic heterocycles. The summed E-state index contributed by atoms with van der Waals surface area (Å²) in [5, 5.41) is 24.2. The molecule has 0 atom stereocenters. The molecule has 0 saturated carbocycles. The van der Waals surface area contributed by atoms with E-state index >= 15 is 0 Å². The molecule has 68 heavy (non-hydrogen) atoms. The van der Waals surface area contributed by atoms with Crippen molar-refractivity contribution in [3.8, 4) is 19.8 Å². The van der Waals surface area contributed by atoms with Gasteiger partial charge in [-0.1, -0.05) is 36.4 Å². The summed E-state index contributed by atoms with van der Waals surface area (Å²) in [4.78, 5) is 52.8. The lowest BCUT2D eigenvalue weighted by Crippen LogP contribution is -2.58. The van der Waals surface area contributed by atoms with Crippen LogP contribution in [0.4, 0.5) is 27.5 Å². The van der Waals surface area contributed by atoms with Crippen LogP contribution in [0.2, 0.25) is 0 Å². The fraction of sp³-hybridized carbons (Fsp3) is 0.408. The molecule has 15 nitrogen and oxygen atoms in total. The standard InChI is InChI=1S/C22H24N4O2S2.C19H29N3O3.C8H5NO2S2/c27-20(17-14-30-21(25-17)19-6-3-13-29-19)24-16-4-1-2-5-18(16)26-10-7-22(8-11-26)15-23-9-12-28-22;1-18(2,3)25-17(23)22-12-13-24-19(14-22)8-10-21(11-9-19)16-7-5-4-6-15(16)20;10-8(11)5-4-13-7(9-5)6-2-1-3-12-6/h1-6,13-14,23H,7-12,15H2,(H,24,27);4-7H,8-14,20H2,1-3H3;1-4H,(H,10,11). The summed E-state index contributed by atoms with van der Waals surface area (Å²) in [6.07, 6.45) is 3.48. The summed E-state index contributed by atoms with van der Waals surface area (Å²) in [5.41, 5.74) is 9.66. The Morgan fingerprint density at radius 3 is 1.88 bits per heavy atom. The number of amides is 2. The Morgan fingerprint density at radius 2 is 1.31 bits per heavy atom. The third kappa shape index (κ3) is 12.4. The summed E-state index contributed by atoms with van der Waals surface area (Å²) >= 11 is 6.04. The fourth-order valence-corrected chi connectivity index (χ4v) is 11.8. The summed E-state index contributed by atoms with van der Waals surface area (Å²) < 4.78 is 17.8. The molecule has 2 amide bonds. The highest BCUT2D eigenvalue weighted by Crippen LogP contribution is 2.36. The number of aromatic nitrogens is 2. The normalized spacial score (nSPS) is 17.7. The molecule has 4 aliphatic heterocycles. The van der Waals surface area contributed by atoms with Gasteiger partial charge in [-0.25, -0.2) is 19.6 Å². The van der Waals surface area contributed by atoms with Crippen LogP contribution in [0.25, 0.3) is 19.8 Å². The molecule has 4 saturated heterocycles. The van der Waals surface area contributed by atoms with Gasteiger partial charge < -0.3 is 50.4 Å². The van der Waals surface area contributed by atoms with Gasteiger partial charge >= 0.3 is 12.1 Å². The first-order valence-electron chi connectivity index (χ1n) is 22.7. The fourth-order valence-electron chi connectivity index (χ4n) is 8.56. The van der Waals surface area contributed by atoms with Crippen LogP contribution in [0.3, 0.4) is 0 Å². The number of nitrogens with zero attached hydrogens (tertiary/aromatic N) is 5. The van der Waals surface area contributed by atoms with E-state index in [-0.39, 0.29) is 28.9 Å². The maximum atomic E-state index is 12.9. The van der Waals surface area contributed by atoms with E-state index in [0.717, 1.165) is 114 Å². The van der Waals surface area contributed by atoms with E-state index in [0.29, 0.717) is 25.4 Å². The number of thiazole rings is 2. The molecule has 6 aromatic rings. The Balaban J connectivity index is 0.000000148. The van der Waals surface area contributed by atoms with Crippen LogP contribution < -0.4 is 26.2 Å². The summed E-state index contributed by atoms with van der Waals surface area (Å²) in [7, 11) is 0. The second-order valence-electron chi connectivity index (χ2n) is 18.0. The molecular formula is C49H58N8O7S4. The van der Waals surface area contributed by atoms with Crippen LogP contribution in [-0.4, -0.2) is 120 Å². The number of hydrogen-bond acceptors (Lipinski definition) is 16. The van der Waals surface area contributed by atoms with Gasteiger partial charge in [-0.2, -0.15) is 0 Å². The highest BCUT2D eigenvalue weighted by atomic mass is 32.1. The van der Waals surface area contributed by atoms with Gasteiger partial charge in [0.05, 0.1) is 63.5 Å². The van der Waals surface area contributed by atoms with Crippen molar-refractivity contribution < 1.29 is 33.7 Å². The van der Waals surface area contributed by atoms with E-state index in [1.54, 1.807) is 33.0 Å². The van der Waals surface area contributed by atoms with E-state index in [9.17, 15) is 14.4 Å². The minimum absolute atomic E-state index is 0.0360. The number of rotatable bonds is 7. The number of para-hydroxylation sites is 4. The molecule has 19 heteroatoms. The number of aromatic carboxylic acids is 1. The first-order valence-corrected chi connectivity index (χ1v) is 26.2. The number of benzene rings is 2.